The average Bonchev–Trinajstić information content (AvgIpc) is 2.75. The van der Waals surface area contributed by atoms with E-state index in [1.165, 1.54) is 12.1 Å². The van der Waals surface area contributed by atoms with Gasteiger partial charge in [-0.25, -0.2) is 9.37 Å². The Hall–Kier alpha value is -1.68. The minimum Gasteiger partial charge on any atom is -0.331 e. The Morgan fingerprint density at radius 3 is 2.69 bits per heavy atom. The smallest absolute Gasteiger partial charge is 0.123 e. The lowest BCUT2D eigenvalue weighted by Crippen LogP contribution is -2.05. The van der Waals surface area contributed by atoms with E-state index in [1.807, 2.05) is 4.57 Å². The maximum atomic E-state index is 12.8. The van der Waals surface area contributed by atoms with E-state index in [4.69, 9.17) is 5.73 Å². The van der Waals surface area contributed by atoms with Crippen molar-refractivity contribution in [3.05, 3.63) is 42.6 Å². The minimum absolute atomic E-state index is 0.225. The molecule has 0 bridgehead atoms. The van der Waals surface area contributed by atoms with Gasteiger partial charge in [0.15, 0.2) is 0 Å². The number of imidazole rings is 1. The van der Waals surface area contributed by atoms with Crippen molar-refractivity contribution in [2.45, 2.75) is 13.0 Å². The van der Waals surface area contributed by atoms with Gasteiger partial charge in [-0.1, -0.05) is 0 Å². The first-order chi connectivity index (χ1) is 7.81. The SMILES string of the molecule is NCCCn1cncc1-c1ccc(F)cc1. The van der Waals surface area contributed by atoms with Crippen molar-refractivity contribution in [1.82, 2.24) is 9.55 Å². The molecule has 16 heavy (non-hydrogen) atoms. The summed E-state index contributed by atoms with van der Waals surface area (Å²) in [6.45, 7) is 1.49. The van der Waals surface area contributed by atoms with Gasteiger partial charge in [-0.3, -0.25) is 0 Å². The van der Waals surface area contributed by atoms with E-state index < -0.39 is 0 Å². The van der Waals surface area contributed by atoms with Crippen molar-refractivity contribution in [2.24, 2.45) is 5.73 Å². The molecule has 0 aliphatic rings. The standard InChI is InChI=1S/C12H14FN3/c13-11-4-2-10(3-5-11)12-8-15-9-16(12)7-1-6-14/h2-5,8-9H,1,6-7,14H2. The molecular formula is C12H14FN3. The van der Waals surface area contributed by atoms with E-state index >= 15 is 0 Å². The number of benzene rings is 1. The molecule has 1 heterocycles. The number of hydrogen-bond acceptors (Lipinski definition) is 2. The molecule has 0 saturated carbocycles. The molecule has 0 radical (unpaired) electrons. The van der Waals surface area contributed by atoms with Gasteiger partial charge >= 0.3 is 0 Å². The first-order valence-corrected chi connectivity index (χ1v) is 5.27. The Kier molecular flexibility index (Phi) is 3.31. The second kappa shape index (κ2) is 4.90. The lowest BCUT2D eigenvalue weighted by Gasteiger charge is -2.07. The Morgan fingerprint density at radius 1 is 1.25 bits per heavy atom. The van der Waals surface area contributed by atoms with Crippen molar-refractivity contribution >= 4 is 0 Å². The van der Waals surface area contributed by atoms with Gasteiger partial charge in [0.25, 0.3) is 0 Å². The molecule has 0 fully saturated rings. The second-order valence-electron chi connectivity index (χ2n) is 3.62. The van der Waals surface area contributed by atoms with Crippen LogP contribution in [0.2, 0.25) is 0 Å². The quantitative estimate of drug-likeness (QED) is 0.855. The molecule has 2 N–H and O–H groups in total. The largest absolute Gasteiger partial charge is 0.331 e. The third-order valence-electron chi connectivity index (χ3n) is 2.46. The number of nitrogens with two attached hydrogens (primary N) is 1. The second-order valence-corrected chi connectivity index (χ2v) is 3.62. The fraction of sp³-hybridized carbons (Fsp3) is 0.250. The van der Waals surface area contributed by atoms with Crippen LogP contribution < -0.4 is 5.73 Å². The van der Waals surface area contributed by atoms with Crippen LogP contribution in [0.15, 0.2) is 36.8 Å². The van der Waals surface area contributed by atoms with Crippen molar-refractivity contribution in [2.75, 3.05) is 6.54 Å². The van der Waals surface area contributed by atoms with E-state index in [0.717, 1.165) is 24.2 Å². The topological polar surface area (TPSA) is 43.8 Å². The molecule has 3 nitrogen and oxygen atoms in total. The summed E-state index contributed by atoms with van der Waals surface area (Å²) in [7, 11) is 0. The molecule has 0 atom stereocenters. The normalized spacial score (nSPS) is 10.6. The van der Waals surface area contributed by atoms with E-state index in [0.29, 0.717) is 6.54 Å². The predicted molar refractivity (Wildman–Crippen MR) is 61.3 cm³/mol. The lowest BCUT2D eigenvalue weighted by molar-refractivity contribution is 0.627. The summed E-state index contributed by atoms with van der Waals surface area (Å²) in [6, 6.07) is 6.42. The van der Waals surface area contributed by atoms with Crippen LogP contribution in [-0.2, 0) is 6.54 Å². The predicted octanol–water partition coefficient (Wildman–Crippen LogP) is 2.04. The molecule has 0 unspecified atom stereocenters. The van der Waals surface area contributed by atoms with Gasteiger partial charge in [-0.2, -0.15) is 0 Å². The molecule has 2 aromatic rings. The molecule has 0 amide bonds. The molecule has 0 saturated heterocycles. The van der Waals surface area contributed by atoms with Crippen LogP contribution in [0, 0.1) is 5.82 Å². The summed E-state index contributed by atoms with van der Waals surface area (Å²) >= 11 is 0. The number of aromatic nitrogens is 2. The molecule has 0 spiro atoms. The van der Waals surface area contributed by atoms with E-state index in [1.54, 1.807) is 24.7 Å². The molecule has 1 aromatic heterocycles. The van der Waals surface area contributed by atoms with Crippen LogP contribution >= 0.6 is 0 Å². The first-order valence-electron chi connectivity index (χ1n) is 5.27. The monoisotopic (exact) mass is 219 g/mol. The van der Waals surface area contributed by atoms with Gasteiger partial charge in [0.1, 0.15) is 5.82 Å². The highest BCUT2D eigenvalue weighted by Crippen LogP contribution is 2.19. The minimum atomic E-state index is -0.225. The average molecular weight is 219 g/mol. The molecule has 0 aliphatic heterocycles. The fourth-order valence-corrected chi connectivity index (χ4v) is 1.62. The maximum Gasteiger partial charge on any atom is 0.123 e. The highest BCUT2D eigenvalue weighted by Gasteiger charge is 2.04. The summed E-state index contributed by atoms with van der Waals surface area (Å²) in [6.07, 6.45) is 4.46. The van der Waals surface area contributed by atoms with Crippen LogP contribution in [0.25, 0.3) is 11.3 Å². The van der Waals surface area contributed by atoms with E-state index in [-0.39, 0.29) is 5.82 Å². The Labute approximate surface area is 93.7 Å². The molecule has 84 valence electrons. The van der Waals surface area contributed by atoms with Gasteiger partial charge < -0.3 is 10.3 Å². The van der Waals surface area contributed by atoms with Crippen molar-refractivity contribution in [3.63, 3.8) is 0 Å². The first kappa shape index (κ1) is 10.8. The third kappa shape index (κ3) is 2.28. The number of aryl methyl sites for hydroxylation is 1. The van der Waals surface area contributed by atoms with Gasteiger partial charge in [-0.05, 0) is 42.8 Å². The molecule has 4 heteroatoms. The summed E-state index contributed by atoms with van der Waals surface area (Å²) in [4.78, 5) is 4.10. The number of hydrogen-bond donors (Lipinski definition) is 1. The van der Waals surface area contributed by atoms with Crippen LogP contribution in [0.1, 0.15) is 6.42 Å². The van der Waals surface area contributed by atoms with Crippen LogP contribution in [0.4, 0.5) is 4.39 Å². The Bertz CT molecular complexity index is 448. The maximum absolute atomic E-state index is 12.8. The highest BCUT2D eigenvalue weighted by atomic mass is 19.1. The summed E-state index contributed by atoms with van der Waals surface area (Å²) < 4.78 is 14.8. The summed E-state index contributed by atoms with van der Waals surface area (Å²) in [5.41, 5.74) is 7.43. The summed E-state index contributed by atoms with van der Waals surface area (Å²) in [5.74, 6) is -0.225. The van der Waals surface area contributed by atoms with Crippen molar-refractivity contribution in [3.8, 4) is 11.3 Å². The zero-order valence-electron chi connectivity index (χ0n) is 8.94. The zero-order chi connectivity index (χ0) is 11.4. The Morgan fingerprint density at radius 2 is 2.00 bits per heavy atom. The number of rotatable bonds is 4. The van der Waals surface area contributed by atoms with Crippen LogP contribution in [0.5, 0.6) is 0 Å². The third-order valence-corrected chi connectivity index (χ3v) is 2.46. The Balaban J connectivity index is 2.26. The van der Waals surface area contributed by atoms with Crippen molar-refractivity contribution < 1.29 is 4.39 Å². The number of halogens is 1. The molecule has 1 aromatic carbocycles. The van der Waals surface area contributed by atoms with Crippen LogP contribution in [-0.4, -0.2) is 16.1 Å². The van der Waals surface area contributed by atoms with Gasteiger partial charge in [0.2, 0.25) is 0 Å². The summed E-state index contributed by atoms with van der Waals surface area (Å²) in [5, 5.41) is 0. The lowest BCUT2D eigenvalue weighted by atomic mass is 10.1. The van der Waals surface area contributed by atoms with Gasteiger partial charge in [0.05, 0.1) is 18.2 Å². The van der Waals surface area contributed by atoms with Gasteiger partial charge in [-0.15, -0.1) is 0 Å². The van der Waals surface area contributed by atoms with E-state index in [9.17, 15) is 4.39 Å². The van der Waals surface area contributed by atoms with Gasteiger partial charge in [0, 0.05) is 6.54 Å². The van der Waals surface area contributed by atoms with Crippen molar-refractivity contribution in [1.29, 1.82) is 0 Å². The molecule has 0 aliphatic carbocycles. The zero-order valence-corrected chi connectivity index (χ0v) is 8.94. The molecule has 2 rings (SSSR count). The van der Waals surface area contributed by atoms with Crippen LogP contribution in [0.3, 0.4) is 0 Å². The molecular weight excluding hydrogens is 205 g/mol. The number of nitrogens with zero attached hydrogens (tertiary/aromatic N) is 2. The van der Waals surface area contributed by atoms with E-state index in [2.05, 4.69) is 4.98 Å². The highest BCUT2D eigenvalue weighted by molar-refractivity contribution is 5.58. The fourth-order valence-electron chi connectivity index (χ4n) is 1.62.